The van der Waals surface area contributed by atoms with Crippen molar-refractivity contribution < 1.29 is 14.3 Å². The standard InChI is InChI=1S/C23H24N2O3S2/c1-3-16-6-8-17(9-7-16)15-20-22(27)25(23(29)30-20)14-4-5-21(26)24-18-10-12-19(28-2)13-11-18/h6-13,15H,3-5,14H2,1-2H3,(H,24,26)/b20-15-. The fourth-order valence-corrected chi connectivity index (χ4v) is 4.30. The van der Waals surface area contributed by atoms with E-state index in [1.807, 2.05) is 18.2 Å². The smallest absolute Gasteiger partial charge is 0.266 e. The fraction of sp³-hybridized carbons (Fsp3) is 0.261. The number of thioether (sulfide) groups is 1. The molecule has 0 atom stereocenters. The molecule has 1 aliphatic heterocycles. The number of aryl methyl sites for hydroxylation is 1. The third kappa shape index (κ3) is 5.70. The zero-order valence-electron chi connectivity index (χ0n) is 17.0. The van der Waals surface area contributed by atoms with E-state index in [0.29, 0.717) is 34.3 Å². The molecule has 2 amide bonds. The topological polar surface area (TPSA) is 58.6 Å². The monoisotopic (exact) mass is 440 g/mol. The number of methoxy groups -OCH3 is 1. The van der Waals surface area contributed by atoms with E-state index in [9.17, 15) is 9.59 Å². The molecule has 1 N–H and O–H groups in total. The molecule has 0 aromatic heterocycles. The van der Waals surface area contributed by atoms with Gasteiger partial charge in [-0.2, -0.15) is 0 Å². The number of benzene rings is 2. The number of hydrogen-bond acceptors (Lipinski definition) is 5. The maximum absolute atomic E-state index is 12.7. The molecular weight excluding hydrogens is 416 g/mol. The van der Waals surface area contributed by atoms with Gasteiger partial charge in [0.25, 0.3) is 5.91 Å². The molecule has 1 saturated heterocycles. The van der Waals surface area contributed by atoms with Crippen molar-refractivity contribution in [2.45, 2.75) is 26.2 Å². The van der Waals surface area contributed by atoms with Gasteiger partial charge in [0, 0.05) is 18.7 Å². The summed E-state index contributed by atoms with van der Waals surface area (Å²) < 4.78 is 5.64. The highest BCUT2D eigenvalue weighted by molar-refractivity contribution is 8.26. The predicted molar refractivity (Wildman–Crippen MR) is 127 cm³/mol. The van der Waals surface area contributed by atoms with Crippen LogP contribution in [0.5, 0.6) is 5.75 Å². The van der Waals surface area contributed by atoms with Crippen LogP contribution in [0.4, 0.5) is 5.69 Å². The van der Waals surface area contributed by atoms with Gasteiger partial charge in [0.15, 0.2) is 0 Å². The first-order chi connectivity index (χ1) is 14.5. The van der Waals surface area contributed by atoms with Crippen molar-refractivity contribution in [1.82, 2.24) is 4.90 Å². The number of nitrogens with one attached hydrogen (secondary N) is 1. The molecule has 3 rings (SSSR count). The summed E-state index contributed by atoms with van der Waals surface area (Å²) in [6, 6.07) is 15.3. The molecule has 2 aromatic carbocycles. The van der Waals surface area contributed by atoms with Crippen LogP contribution in [-0.4, -0.2) is 34.7 Å². The van der Waals surface area contributed by atoms with Crippen LogP contribution in [-0.2, 0) is 16.0 Å². The molecule has 0 aliphatic carbocycles. The van der Waals surface area contributed by atoms with Crippen LogP contribution in [0.25, 0.3) is 6.08 Å². The molecule has 0 unspecified atom stereocenters. The van der Waals surface area contributed by atoms with E-state index < -0.39 is 0 Å². The Labute approximate surface area is 186 Å². The summed E-state index contributed by atoms with van der Waals surface area (Å²) in [7, 11) is 1.60. The minimum absolute atomic E-state index is 0.0971. The summed E-state index contributed by atoms with van der Waals surface area (Å²) in [4.78, 5) is 27.1. The van der Waals surface area contributed by atoms with Gasteiger partial charge >= 0.3 is 0 Å². The van der Waals surface area contributed by atoms with Crippen LogP contribution in [0.3, 0.4) is 0 Å². The fourth-order valence-electron chi connectivity index (χ4n) is 2.99. The van der Waals surface area contributed by atoms with Crippen LogP contribution in [0.2, 0.25) is 0 Å². The first-order valence-corrected chi connectivity index (χ1v) is 11.0. The quantitative estimate of drug-likeness (QED) is 0.468. The number of carbonyl (C=O) groups is 2. The first kappa shape index (κ1) is 22.1. The second kappa shape index (κ2) is 10.4. The van der Waals surface area contributed by atoms with E-state index in [1.165, 1.54) is 17.3 Å². The van der Waals surface area contributed by atoms with Crippen LogP contribution < -0.4 is 10.1 Å². The lowest BCUT2D eigenvalue weighted by Crippen LogP contribution is -2.29. The molecule has 0 radical (unpaired) electrons. The zero-order valence-corrected chi connectivity index (χ0v) is 18.6. The van der Waals surface area contributed by atoms with Crippen LogP contribution in [0.1, 0.15) is 30.9 Å². The summed E-state index contributed by atoms with van der Waals surface area (Å²) in [6.07, 6.45) is 3.69. The van der Waals surface area contributed by atoms with E-state index in [-0.39, 0.29) is 11.8 Å². The highest BCUT2D eigenvalue weighted by atomic mass is 32.2. The van der Waals surface area contributed by atoms with Gasteiger partial charge in [0.1, 0.15) is 10.1 Å². The minimum Gasteiger partial charge on any atom is -0.497 e. The highest BCUT2D eigenvalue weighted by Crippen LogP contribution is 2.32. The number of anilines is 1. The van der Waals surface area contributed by atoms with E-state index in [1.54, 1.807) is 36.3 Å². The lowest BCUT2D eigenvalue weighted by atomic mass is 10.1. The Balaban J connectivity index is 1.51. The third-order valence-electron chi connectivity index (χ3n) is 4.72. The molecule has 0 saturated carbocycles. The Morgan fingerprint density at radius 2 is 1.87 bits per heavy atom. The summed E-state index contributed by atoms with van der Waals surface area (Å²) >= 11 is 6.68. The highest BCUT2D eigenvalue weighted by Gasteiger charge is 2.31. The number of hydrogen-bond donors (Lipinski definition) is 1. The molecule has 156 valence electrons. The van der Waals surface area contributed by atoms with E-state index >= 15 is 0 Å². The van der Waals surface area contributed by atoms with Gasteiger partial charge in [0.2, 0.25) is 5.91 Å². The second-order valence-electron chi connectivity index (χ2n) is 6.81. The molecular formula is C23H24N2O3S2. The molecule has 7 heteroatoms. The van der Waals surface area contributed by atoms with Crippen molar-refractivity contribution in [3.8, 4) is 5.75 Å². The number of ether oxygens (including phenoxy) is 1. The maximum Gasteiger partial charge on any atom is 0.266 e. The first-order valence-electron chi connectivity index (χ1n) is 9.78. The van der Waals surface area contributed by atoms with Gasteiger partial charge in [0.05, 0.1) is 12.0 Å². The molecule has 0 bridgehead atoms. The van der Waals surface area contributed by atoms with Gasteiger partial charge in [-0.25, -0.2) is 0 Å². The number of amides is 2. The summed E-state index contributed by atoms with van der Waals surface area (Å²) in [6.45, 7) is 2.53. The Kier molecular flexibility index (Phi) is 7.65. The Morgan fingerprint density at radius 1 is 1.17 bits per heavy atom. The van der Waals surface area contributed by atoms with Crippen LogP contribution in [0, 0.1) is 0 Å². The normalized spacial score (nSPS) is 15.0. The number of thiocarbonyl (C=S) groups is 1. The molecule has 1 aliphatic rings. The van der Waals surface area contributed by atoms with Crippen molar-refractivity contribution in [2.75, 3.05) is 19.0 Å². The van der Waals surface area contributed by atoms with Crippen LogP contribution >= 0.6 is 24.0 Å². The van der Waals surface area contributed by atoms with Gasteiger partial charge in [-0.3, -0.25) is 14.5 Å². The third-order valence-corrected chi connectivity index (χ3v) is 6.10. The van der Waals surface area contributed by atoms with Crippen molar-refractivity contribution >= 4 is 51.9 Å². The van der Waals surface area contributed by atoms with Crippen molar-refractivity contribution in [1.29, 1.82) is 0 Å². The SMILES string of the molecule is CCc1ccc(/C=C2\SC(=S)N(CCCC(=O)Nc3ccc(OC)cc3)C2=O)cc1. The van der Waals surface area contributed by atoms with Crippen LogP contribution in [0.15, 0.2) is 53.4 Å². The zero-order chi connectivity index (χ0) is 21.5. The van der Waals surface area contributed by atoms with E-state index in [2.05, 4.69) is 24.4 Å². The van der Waals surface area contributed by atoms with E-state index in [0.717, 1.165) is 17.7 Å². The van der Waals surface area contributed by atoms with Crippen molar-refractivity contribution in [3.63, 3.8) is 0 Å². The predicted octanol–water partition coefficient (Wildman–Crippen LogP) is 4.88. The Bertz CT molecular complexity index is 953. The summed E-state index contributed by atoms with van der Waals surface area (Å²) in [5.74, 6) is 0.536. The molecule has 2 aromatic rings. The number of carbonyl (C=O) groups excluding carboxylic acids is 2. The van der Waals surface area contributed by atoms with Gasteiger partial charge in [-0.1, -0.05) is 55.2 Å². The average molecular weight is 441 g/mol. The molecule has 1 fully saturated rings. The van der Waals surface area contributed by atoms with Crippen molar-refractivity contribution in [2.24, 2.45) is 0 Å². The summed E-state index contributed by atoms with van der Waals surface area (Å²) in [5.41, 5.74) is 2.95. The largest absolute Gasteiger partial charge is 0.497 e. The second-order valence-corrected chi connectivity index (χ2v) is 8.48. The van der Waals surface area contributed by atoms with Gasteiger partial charge in [-0.05, 0) is 54.3 Å². The van der Waals surface area contributed by atoms with Gasteiger partial charge < -0.3 is 10.1 Å². The average Bonchev–Trinajstić information content (AvgIpc) is 3.02. The molecule has 1 heterocycles. The Hall–Kier alpha value is -2.64. The summed E-state index contributed by atoms with van der Waals surface area (Å²) in [5, 5.41) is 2.84. The number of nitrogens with zero attached hydrogens (tertiary/aromatic N) is 1. The van der Waals surface area contributed by atoms with E-state index in [4.69, 9.17) is 17.0 Å². The molecule has 30 heavy (non-hydrogen) atoms. The van der Waals surface area contributed by atoms with Crippen molar-refractivity contribution in [3.05, 3.63) is 64.6 Å². The molecule has 0 spiro atoms. The maximum atomic E-state index is 12.7. The van der Waals surface area contributed by atoms with Gasteiger partial charge in [-0.15, -0.1) is 0 Å². The lowest BCUT2D eigenvalue weighted by molar-refractivity contribution is -0.122. The Morgan fingerprint density at radius 3 is 2.50 bits per heavy atom. The number of rotatable bonds is 8. The molecule has 5 nitrogen and oxygen atoms in total. The minimum atomic E-state index is -0.0998. The lowest BCUT2D eigenvalue weighted by Gasteiger charge is -2.14.